The van der Waals surface area contributed by atoms with Gasteiger partial charge in [0, 0.05) is 16.2 Å². The first-order chi connectivity index (χ1) is 7.24. The normalized spacial score (nSPS) is 12.1. The number of rotatable bonds is 3. The van der Waals surface area contributed by atoms with Crippen LogP contribution < -0.4 is 10.5 Å². The van der Waals surface area contributed by atoms with Crippen LogP contribution in [-0.4, -0.2) is 14.5 Å². The number of hydrogen-bond donors (Lipinski definition) is 2. The van der Waals surface area contributed by atoms with Gasteiger partial charge in [-0.15, -0.1) is 0 Å². The molecule has 0 aromatic heterocycles. The monoisotopic (exact) mass is 310 g/mol. The Hall–Kier alpha value is -0.660. The van der Waals surface area contributed by atoms with E-state index in [1.54, 1.807) is 13.8 Å². The van der Waals surface area contributed by atoms with Crippen molar-refractivity contribution in [3.63, 3.8) is 0 Å². The molecule has 1 rings (SSSR count). The van der Waals surface area contributed by atoms with Crippen LogP contribution in [0.1, 0.15) is 13.8 Å². The van der Waals surface area contributed by atoms with E-state index in [4.69, 9.17) is 5.73 Å². The fourth-order valence-corrected chi connectivity index (χ4v) is 2.79. The Morgan fingerprint density at radius 3 is 2.50 bits per heavy atom. The SMILES string of the molecule is CC(C)NS(=O)(=O)c1cc(N)c(Br)cc1F. The zero-order valence-electron chi connectivity index (χ0n) is 8.79. The highest BCUT2D eigenvalue weighted by Gasteiger charge is 2.21. The summed E-state index contributed by atoms with van der Waals surface area (Å²) in [5.41, 5.74) is 5.68. The molecule has 0 aliphatic heterocycles. The average molecular weight is 311 g/mol. The van der Waals surface area contributed by atoms with Gasteiger partial charge < -0.3 is 5.73 Å². The quantitative estimate of drug-likeness (QED) is 0.837. The molecule has 4 nitrogen and oxygen atoms in total. The molecule has 0 spiro atoms. The molecular weight excluding hydrogens is 299 g/mol. The third-order valence-corrected chi connectivity index (χ3v) is 4.09. The van der Waals surface area contributed by atoms with Crippen molar-refractivity contribution in [1.29, 1.82) is 0 Å². The second kappa shape index (κ2) is 4.68. The van der Waals surface area contributed by atoms with Gasteiger partial charge in [0.1, 0.15) is 10.7 Å². The van der Waals surface area contributed by atoms with Crippen LogP contribution in [0.25, 0.3) is 0 Å². The van der Waals surface area contributed by atoms with Crippen molar-refractivity contribution in [3.8, 4) is 0 Å². The summed E-state index contributed by atoms with van der Waals surface area (Å²) in [4.78, 5) is -0.443. The largest absolute Gasteiger partial charge is 0.398 e. The van der Waals surface area contributed by atoms with E-state index in [0.717, 1.165) is 12.1 Å². The molecule has 0 atom stereocenters. The number of anilines is 1. The van der Waals surface area contributed by atoms with Crippen molar-refractivity contribution < 1.29 is 12.8 Å². The maximum atomic E-state index is 13.5. The van der Waals surface area contributed by atoms with E-state index in [1.807, 2.05) is 0 Å². The highest BCUT2D eigenvalue weighted by molar-refractivity contribution is 9.10. The molecule has 1 aromatic rings. The molecule has 0 saturated heterocycles. The van der Waals surface area contributed by atoms with Crippen LogP contribution in [0.4, 0.5) is 10.1 Å². The van der Waals surface area contributed by atoms with Gasteiger partial charge in [-0.05, 0) is 41.9 Å². The van der Waals surface area contributed by atoms with Crippen LogP contribution in [0.2, 0.25) is 0 Å². The van der Waals surface area contributed by atoms with E-state index in [1.165, 1.54) is 0 Å². The first-order valence-electron chi connectivity index (χ1n) is 4.51. The van der Waals surface area contributed by atoms with Gasteiger partial charge in [0.05, 0.1) is 0 Å². The first-order valence-corrected chi connectivity index (χ1v) is 6.78. The molecule has 0 radical (unpaired) electrons. The smallest absolute Gasteiger partial charge is 0.243 e. The summed E-state index contributed by atoms with van der Waals surface area (Å²) in [5, 5.41) is 0. The third-order valence-electron chi connectivity index (χ3n) is 1.73. The molecule has 1 aromatic carbocycles. The molecule has 90 valence electrons. The topological polar surface area (TPSA) is 72.2 Å². The molecular formula is C9H12BrFN2O2S. The van der Waals surface area contributed by atoms with Gasteiger partial charge >= 0.3 is 0 Å². The van der Waals surface area contributed by atoms with Gasteiger partial charge in [-0.1, -0.05) is 0 Å². The zero-order chi connectivity index (χ0) is 12.5. The van der Waals surface area contributed by atoms with E-state index < -0.39 is 20.7 Å². The van der Waals surface area contributed by atoms with E-state index in [9.17, 15) is 12.8 Å². The summed E-state index contributed by atoms with van der Waals surface area (Å²) in [7, 11) is -3.86. The Labute approximate surface area is 102 Å². The lowest BCUT2D eigenvalue weighted by Gasteiger charge is -2.11. The second-order valence-electron chi connectivity index (χ2n) is 3.58. The van der Waals surface area contributed by atoms with Gasteiger partial charge in [0.25, 0.3) is 0 Å². The van der Waals surface area contributed by atoms with Crippen LogP contribution in [0.15, 0.2) is 21.5 Å². The summed E-state index contributed by atoms with van der Waals surface area (Å²) < 4.78 is 39.5. The van der Waals surface area contributed by atoms with Crippen LogP contribution in [0.3, 0.4) is 0 Å². The highest BCUT2D eigenvalue weighted by Crippen LogP contribution is 2.25. The minimum atomic E-state index is -3.86. The van der Waals surface area contributed by atoms with E-state index in [0.29, 0.717) is 4.47 Å². The average Bonchev–Trinajstić information content (AvgIpc) is 2.08. The number of halogens is 2. The van der Waals surface area contributed by atoms with Crippen LogP contribution in [0, 0.1) is 5.82 Å². The Bertz CT molecular complexity index is 502. The van der Waals surface area contributed by atoms with Crippen LogP contribution >= 0.6 is 15.9 Å². The van der Waals surface area contributed by atoms with Crippen LogP contribution in [0.5, 0.6) is 0 Å². The van der Waals surface area contributed by atoms with Crippen LogP contribution in [-0.2, 0) is 10.0 Å². The molecule has 0 fully saturated rings. The van der Waals surface area contributed by atoms with Crippen molar-refractivity contribution in [2.24, 2.45) is 0 Å². The van der Waals surface area contributed by atoms with Gasteiger partial charge in [-0.25, -0.2) is 17.5 Å². The van der Waals surface area contributed by atoms with E-state index in [-0.39, 0.29) is 11.7 Å². The lowest BCUT2D eigenvalue weighted by molar-refractivity contribution is 0.549. The highest BCUT2D eigenvalue weighted by atomic mass is 79.9. The summed E-state index contributed by atoms with van der Waals surface area (Å²) in [6, 6.07) is 1.81. The molecule has 0 bridgehead atoms. The first kappa shape index (κ1) is 13.4. The van der Waals surface area contributed by atoms with E-state index in [2.05, 4.69) is 20.7 Å². The lowest BCUT2D eigenvalue weighted by Crippen LogP contribution is -2.31. The number of sulfonamides is 1. The van der Waals surface area contributed by atoms with Crippen molar-refractivity contribution in [3.05, 3.63) is 22.4 Å². The molecule has 0 unspecified atom stereocenters. The molecule has 0 aliphatic rings. The van der Waals surface area contributed by atoms with Crippen molar-refractivity contribution in [1.82, 2.24) is 4.72 Å². The number of benzene rings is 1. The number of nitrogens with two attached hydrogens (primary N) is 1. The minimum Gasteiger partial charge on any atom is -0.398 e. The Balaban J connectivity index is 3.29. The zero-order valence-corrected chi connectivity index (χ0v) is 11.2. The minimum absolute atomic E-state index is 0.172. The maximum Gasteiger partial charge on any atom is 0.243 e. The fourth-order valence-electron chi connectivity index (χ4n) is 1.12. The van der Waals surface area contributed by atoms with Gasteiger partial charge in [-0.2, -0.15) is 0 Å². The second-order valence-corrected chi connectivity index (χ2v) is 6.12. The van der Waals surface area contributed by atoms with Gasteiger partial charge in [0.2, 0.25) is 10.0 Å². The lowest BCUT2D eigenvalue weighted by atomic mass is 10.3. The number of hydrogen-bond acceptors (Lipinski definition) is 3. The number of nitrogen functional groups attached to an aromatic ring is 1. The molecule has 16 heavy (non-hydrogen) atoms. The molecule has 7 heteroatoms. The predicted octanol–water partition coefficient (Wildman–Crippen LogP) is 1.86. The molecule has 0 aliphatic carbocycles. The summed E-state index contributed by atoms with van der Waals surface area (Å²) in [5.74, 6) is -0.839. The van der Waals surface area contributed by atoms with Gasteiger partial charge in [-0.3, -0.25) is 0 Å². The fraction of sp³-hybridized carbons (Fsp3) is 0.333. The predicted molar refractivity (Wildman–Crippen MR) is 64.0 cm³/mol. The third kappa shape index (κ3) is 2.93. The Morgan fingerprint density at radius 1 is 1.44 bits per heavy atom. The molecule has 0 amide bonds. The Kier molecular flexibility index (Phi) is 3.92. The maximum absolute atomic E-state index is 13.5. The summed E-state index contributed by atoms with van der Waals surface area (Å²) in [6.45, 7) is 3.30. The molecule has 0 heterocycles. The number of nitrogens with one attached hydrogen (secondary N) is 1. The molecule has 0 saturated carbocycles. The van der Waals surface area contributed by atoms with Crippen molar-refractivity contribution >= 4 is 31.6 Å². The Morgan fingerprint density at radius 2 is 2.00 bits per heavy atom. The van der Waals surface area contributed by atoms with Crippen molar-refractivity contribution in [2.75, 3.05) is 5.73 Å². The van der Waals surface area contributed by atoms with Crippen molar-refractivity contribution in [2.45, 2.75) is 24.8 Å². The van der Waals surface area contributed by atoms with E-state index >= 15 is 0 Å². The summed E-state index contributed by atoms with van der Waals surface area (Å²) in [6.07, 6.45) is 0. The summed E-state index contributed by atoms with van der Waals surface area (Å²) >= 11 is 3.02. The van der Waals surface area contributed by atoms with Gasteiger partial charge in [0.15, 0.2) is 0 Å². The molecule has 3 N–H and O–H groups in total. The standard InChI is InChI=1S/C9H12BrFN2O2S/c1-5(2)13-16(14,15)9-4-8(12)6(10)3-7(9)11/h3-5,13H,12H2,1-2H3.